The van der Waals surface area contributed by atoms with Crippen molar-refractivity contribution in [3.63, 3.8) is 0 Å². The van der Waals surface area contributed by atoms with Crippen LogP contribution in [0.1, 0.15) is 30.4 Å². The van der Waals surface area contributed by atoms with E-state index in [4.69, 9.17) is 0 Å². The van der Waals surface area contributed by atoms with E-state index in [2.05, 4.69) is 34.2 Å². The number of hydrogen-bond acceptors (Lipinski definition) is 2. The van der Waals surface area contributed by atoms with Gasteiger partial charge in [0.05, 0.1) is 0 Å². The molecule has 0 bridgehead atoms. The predicted molar refractivity (Wildman–Crippen MR) is 69.6 cm³/mol. The van der Waals surface area contributed by atoms with Crippen LogP contribution in [0, 0.1) is 0 Å². The van der Waals surface area contributed by atoms with Crippen molar-refractivity contribution in [3.8, 4) is 0 Å². The van der Waals surface area contributed by atoms with Gasteiger partial charge in [-0.1, -0.05) is 24.3 Å². The fourth-order valence-corrected chi connectivity index (χ4v) is 3.67. The minimum absolute atomic E-state index is 0.0931. The minimum Gasteiger partial charge on any atom is -0.345 e. The molecule has 3 heteroatoms. The molecule has 3 nitrogen and oxygen atoms in total. The molecule has 3 aliphatic rings. The number of amides is 1. The van der Waals surface area contributed by atoms with E-state index in [0.29, 0.717) is 0 Å². The van der Waals surface area contributed by atoms with Crippen molar-refractivity contribution in [2.45, 2.75) is 37.6 Å². The van der Waals surface area contributed by atoms with Crippen LogP contribution in [0.15, 0.2) is 29.3 Å². The van der Waals surface area contributed by atoms with Crippen molar-refractivity contribution in [1.29, 1.82) is 0 Å². The number of fused-ring (bicyclic) bond motifs is 3. The van der Waals surface area contributed by atoms with Crippen LogP contribution in [0.5, 0.6) is 0 Å². The van der Waals surface area contributed by atoms with Crippen LogP contribution >= 0.6 is 0 Å². The van der Waals surface area contributed by atoms with Crippen LogP contribution < -0.4 is 0 Å². The van der Waals surface area contributed by atoms with Crippen molar-refractivity contribution in [2.75, 3.05) is 6.54 Å². The van der Waals surface area contributed by atoms with Crippen LogP contribution in [0.2, 0.25) is 0 Å². The Kier molecular flexibility index (Phi) is 1.97. The van der Waals surface area contributed by atoms with Gasteiger partial charge in [-0.3, -0.25) is 4.79 Å². The van der Waals surface area contributed by atoms with Gasteiger partial charge in [0.1, 0.15) is 11.4 Å². The highest BCUT2D eigenvalue weighted by molar-refractivity contribution is 6.07. The molecule has 18 heavy (non-hydrogen) atoms. The van der Waals surface area contributed by atoms with Crippen molar-refractivity contribution in [1.82, 2.24) is 4.90 Å². The summed E-state index contributed by atoms with van der Waals surface area (Å²) in [6, 6.07) is 8.43. The Balaban J connectivity index is 1.76. The summed E-state index contributed by atoms with van der Waals surface area (Å²) in [5.74, 6) is 1.13. The monoisotopic (exact) mass is 240 g/mol. The van der Waals surface area contributed by atoms with E-state index in [9.17, 15) is 4.79 Å². The number of piperidine rings is 1. The van der Waals surface area contributed by atoms with Gasteiger partial charge in [-0.15, -0.1) is 0 Å². The summed E-state index contributed by atoms with van der Waals surface area (Å²) in [6.45, 7) is 0.999. The highest BCUT2D eigenvalue weighted by Gasteiger charge is 2.53. The van der Waals surface area contributed by atoms with E-state index >= 15 is 0 Å². The molecule has 1 spiro atoms. The number of carbonyl (C=O) groups is 1. The first-order valence-electron chi connectivity index (χ1n) is 6.76. The molecule has 0 atom stereocenters. The Morgan fingerprint density at radius 3 is 2.56 bits per heavy atom. The number of benzene rings is 1. The van der Waals surface area contributed by atoms with Gasteiger partial charge in [-0.05, 0) is 24.0 Å². The van der Waals surface area contributed by atoms with Crippen LogP contribution in [0.4, 0.5) is 0 Å². The van der Waals surface area contributed by atoms with Gasteiger partial charge in [0.25, 0.3) is 5.91 Å². The first-order valence-corrected chi connectivity index (χ1v) is 6.76. The highest BCUT2D eigenvalue weighted by Crippen LogP contribution is 2.40. The number of rotatable bonds is 0. The fourth-order valence-electron chi connectivity index (χ4n) is 3.67. The van der Waals surface area contributed by atoms with Crippen LogP contribution in [-0.2, 0) is 17.6 Å². The van der Waals surface area contributed by atoms with Crippen LogP contribution in [-0.4, -0.2) is 28.7 Å². The number of amidine groups is 1. The van der Waals surface area contributed by atoms with Gasteiger partial charge in [0, 0.05) is 25.8 Å². The second-order valence-corrected chi connectivity index (χ2v) is 5.60. The molecular formula is C15H16N2O. The summed E-state index contributed by atoms with van der Waals surface area (Å²) in [5, 5.41) is 0. The smallest absolute Gasteiger partial charge is 0.273 e. The minimum atomic E-state index is -0.362. The first-order chi connectivity index (χ1) is 8.79. The summed E-state index contributed by atoms with van der Waals surface area (Å²) in [4.78, 5) is 19.0. The molecule has 1 amide bonds. The summed E-state index contributed by atoms with van der Waals surface area (Å²) >= 11 is 0. The molecule has 1 fully saturated rings. The molecule has 0 N–H and O–H groups in total. The molecule has 1 saturated heterocycles. The standard InChI is InChI=1S/C15H16N2O/c18-14-15(17-8-4-3-7-13(17)16-14)9-11-5-1-2-6-12(11)10-15/h1-2,5-6H,3-4,7-10H2. The second-order valence-electron chi connectivity index (χ2n) is 5.60. The van der Waals surface area contributed by atoms with E-state index in [0.717, 1.165) is 31.6 Å². The van der Waals surface area contributed by atoms with E-state index in [1.807, 2.05) is 0 Å². The maximum Gasteiger partial charge on any atom is 0.273 e. The second kappa shape index (κ2) is 3.44. The van der Waals surface area contributed by atoms with Gasteiger partial charge in [0.15, 0.2) is 0 Å². The summed E-state index contributed by atoms with van der Waals surface area (Å²) in [7, 11) is 0. The van der Waals surface area contributed by atoms with Crippen LogP contribution in [0.3, 0.4) is 0 Å². The zero-order valence-electron chi connectivity index (χ0n) is 10.4. The van der Waals surface area contributed by atoms with Gasteiger partial charge in [-0.2, -0.15) is 4.99 Å². The molecule has 92 valence electrons. The van der Waals surface area contributed by atoms with Gasteiger partial charge >= 0.3 is 0 Å². The number of aliphatic imine (C=N–C) groups is 1. The Morgan fingerprint density at radius 2 is 1.83 bits per heavy atom. The largest absolute Gasteiger partial charge is 0.345 e. The number of hydrogen-bond donors (Lipinski definition) is 0. The number of nitrogens with zero attached hydrogens (tertiary/aromatic N) is 2. The summed E-state index contributed by atoms with van der Waals surface area (Å²) in [6.07, 6.45) is 5.02. The Hall–Kier alpha value is -1.64. The summed E-state index contributed by atoms with van der Waals surface area (Å²) in [5.41, 5.74) is 2.29. The van der Waals surface area contributed by atoms with Crippen LogP contribution in [0.25, 0.3) is 0 Å². The third-order valence-corrected chi connectivity index (χ3v) is 4.57. The summed E-state index contributed by atoms with van der Waals surface area (Å²) < 4.78 is 0. The third-order valence-electron chi connectivity index (χ3n) is 4.57. The average Bonchev–Trinajstić information content (AvgIpc) is 2.90. The predicted octanol–water partition coefficient (Wildman–Crippen LogP) is 1.95. The third kappa shape index (κ3) is 1.19. The van der Waals surface area contributed by atoms with Crippen molar-refractivity contribution in [2.24, 2.45) is 4.99 Å². The van der Waals surface area contributed by atoms with E-state index in [-0.39, 0.29) is 11.4 Å². The highest BCUT2D eigenvalue weighted by atomic mass is 16.2. The molecule has 0 aromatic heterocycles. The zero-order valence-corrected chi connectivity index (χ0v) is 10.4. The Morgan fingerprint density at radius 1 is 1.11 bits per heavy atom. The first kappa shape index (κ1) is 10.3. The van der Waals surface area contributed by atoms with Gasteiger partial charge in [-0.25, -0.2) is 0 Å². The molecule has 4 rings (SSSR count). The molecule has 2 heterocycles. The molecule has 1 aromatic carbocycles. The molecule has 0 radical (unpaired) electrons. The van der Waals surface area contributed by atoms with Gasteiger partial charge < -0.3 is 4.90 Å². The molecule has 1 aromatic rings. The average molecular weight is 240 g/mol. The molecule has 1 aliphatic carbocycles. The maximum atomic E-state index is 12.4. The lowest BCUT2D eigenvalue weighted by atomic mass is 9.91. The molecule has 0 unspecified atom stereocenters. The van der Waals surface area contributed by atoms with E-state index in [1.165, 1.54) is 24.0 Å². The lowest BCUT2D eigenvalue weighted by Crippen LogP contribution is -2.53. The van der Waals surface area contributed by atoms with Crippen molar-refractivity contribution < 1.29 is 4.79 Å². The Labute approximate surface area is 107 Å². The lowest BCUT2D eigenvalue weighted by Gasteiger charge is -2.37. The molecular weight excluding hydrogens is 224 g/mol. The SMILES string of the molecule is O=C1N=C2CCCCN2C12Cc1ccccc1C2. The number of carbonyl (C=O) groups excluding carboxylic acids is 1. The topological polar surface area (TPSA) is 32.7 Å². The van der Waals surface area contributed by atoms with Gasteiger partial charge in [0.2, 0.25) is 0 Å². The normalized spacial score (nSPS) is 24.1. The fraction of sp³-hybridized carbons (Fsp3) is 0.467. The quantitative estimate of drug-likeness (QED) is 0.694. The van der Waals surface area contributed by atoms with E-state index < -0.39 is 0 Å². The molecule has 2 aliphatic heterocycles. The van der Waals surface area contributed by atoms with Crippen molar-refractivity contribution in [3.05, 3.63) is 35.4 Å². The van der Waals surface area contributed by atoms with E-state index in [1.54, 1.807) is 0 Å². The van der Waals surface area contributed by atoms with Crippen molar-refractivity contribution >= 4 is 11.7 Å². The zero-order chi connectivity index (χ0) is 12.2. The maximum absolute atomic E-state index is 12.4. The Bertz CT molecular complexity index is 536. The molecule has 0 saturated carbocycles. The lowest BCUT2D eigenvalue weighted by molar-refractivity contribution is -0.125.